The van der Waals surface area contributed by atoms with E-state index in [1.807, 2.05) is 13.8 Å². The molecule has 2 aromatic heterocycles. The number of fused-ring (bicyclic) bond motifs is 3. The van der Waals surface area contributed by atoms with Crippen LogP contribution in [0.4, 0.5) is 5.69 Å². The first-order valence-electron chi connectivity index (χ1n) is 9.61. The van der Waals surface area contributed by atoms with Crippen LogP contribution in [0.1, 0.15) is 36.0 Å². The Kier molecular flexibility index (Phi) is 5.84. The predicted octanol–water partition coefficient (Wildman–Crippen LogP) is 3.65. The van der Waals surface area contributed by atoms with Gasteiger partial charge in [0.1, 0.15) is 15.7 Å². The second kappa shape index (κ2) is 8.26. The number of hydrogen-bond acceptors (Lipinski definition) is 7. The zero-order valence-corrected chi connectivity index (χ0v) is 19.1. The number of carbonyl (C=O) groups is 1. The standard InChI is InChI=1S/C20H22N4O3S3/c1-11(18(25)24-13-7-9-14(10-8-13)30(21,26)27)28-19-17-15-5-3-4-6-16(15)29-20(17)23-12(2)22-19/h7-11H,3-6H2,1-2H3,(H,24,25)(H2,21,26,27)/t11-/m1/s1. The monoisotopic (exact) mass is 462 g/mol. The number of nitrogens with two attached hydrogens (primary N) is 1. The summed E-state index contributed by atoms with van der Waals surface area (Å²) in [5.41, 5.74) is 1.85. The smallest absolute Gasteiger partial charge is 0.238 e. The zero-order chi connectivity index (χ0) is 21.5. The van der Waals surface area contributed by atoms with Gasteiger partial charge in [-0.1, -0.05) is 11.8 Å². The Hall–Kier alpha value is -2.01. The molecule has 7 nitrogen and oxygen atoms in total. The number of amides is 1. The molecule has 4 rings (SSSR count). The second-order valence-corrected chi connectivity index (χ2v) is 11.3. The van der Waals surface area contributed by atoms with Crippen LogP contribution in [0.3, 0.4) is 0 Å². The number of carbonyl (C=O) groups excluding carboxylic acids is 1. The number of benzene rings is 1. The van der Waals surface area contributed by atoms with E-state index < -0.39 is 10.0 Å². The first-order chi connectivity index (χ1) is 14.2. The van der Waals surface area contributed by atoms with E-state index in [2.05, 4.69) is 15.3 Å². The minimum atomic E-state index is -3.76. The van der Waals surface area contributed by atoms with Crippen molar-refractivity contribution in [3.05, 3.63) is 40.5 Å². The lowest BCUT2D eigenvalue weighted by Crippen LogP contribution is -2.22. The number of anilines is 1. The number of thiophene rings is 1. The van der Waals surface area contributed by atoms with Gasteiger partial charge in [-0.2, -0.15) is 0 Å². The van der Waals surface area contributed by atoms with E-state index in [1.165, 1.54) is 59.3 Å². The Morgan fingerprint density at radius 2 is 1.90 bits per heavy atom. The van der Waals surface area contributed by atoms with Crippen molar-refractivity contribution in [2.45, 2.75) is 54.7 Å². The molecule has 0 bridgehead atoms. The fourth-order valence-corrected chi connectivity index (χ4v) is 6.41. The van der Waals surface area contributed by atoms with Gasteiger partial charge < -0.3 is 5.32 Å². The zero-order valence-electron chi connectivity index (χ0n) is 16.6. The van der Waals surface area contributed by atoms with E-state index in [0.29, 0.717) is 11.5 Å². The molecule has 1 amide bonds. The van der Waals surface area contributed by atoms with Crippen LogP contribution in [0.25, 0.3) is 10.2 Å². The van der Waals surface area contributed by atoms with Crippen LogP contribution in [-0.4, -0.2) is 29.5 Å². The number of thioether (sulfide) groups is 1. The number of nitrogens with one attached hydrogen (secondary N) is 1. The van der Waals surface area contributed by atoms with Crippen molar-refractivity contribution < 1.29 is 13.2 Å². The van der Waals surface area contributed by atoms with Gasteiger partial charge >= 0.3 is 0 Å². The molecule has 10 heteroatoms. The highest BCUT2D eigenvalue weighted by Gasteiger charge is 2.24. The quantitative estimate of drug-likeness (QED) is 0.442. The van der Waals surface area contributed by atoms with Gasteiger partial charge in [-0.3, -0.25) is 4.79 Å². The summed E-state index contributed by atoms with van der Waals surface area (Å²) in [7, 11) is -3.76. The Bertz CT molecular complexity index is 1220. The minimum absolute atomic E-state index is 0.00371. The Balaban J connectivity index is 1.55. The van der Waals surface area contributed by atoms with Gasteiger partial charge in [0.05, 0.1) is 10.1 Å². The van der Waals surface area contributed by atoms with Crippen molar-refractivity contribution in [2.75, 3.05) is 5.32 Å². The third-order valence-corrected chi connectivity index (χ3v) is 8.20. The molecule has 3 aromatic rings. The number of sulfonamides is 1. The van der Waals surface area contributed by atoms with Crippen molar-refractivity contribution in [1.82, 2.24) is 9.97 Å². The first-order valence-corrected chi connectivity index (χ1v) is 12.9. The van der Waals surface area contributed by atoms with E-state index in [1.54, 1.807) is 11.3 Å². The van der Waals surface area contributed by atoms with Gasteiger partial charge in [-0.15, -0.1) is 11.3 Å². The molecule has 2 heterocycles. The van der Waals surface area contributed by atoms with Crippen molar-refractivity contribution in [2.24, 2.45) is 5.14 Å². The van der Waals surface area contributed by atoms with Gasteiger partial charge in [0.25, 0.3) is 0 Å². The molecule has 1 aromatic carbocycles. The molecule has 1 aliphatic rings. The second-order valence-electron chi connectivity index (χ2n) is 7.29. The van der Waals surface area contributed by atoms with Crippen molar-refractivity contribution in [1.29, 1.82) is 0 Å². The van der Waals surface area contributed by atoms with Crippen LogP contribution in [0.2, 0.25) is 0 Å². The topological polar surface area (TPSA) is 115 Å². The van der Waals surface area contributed by atoms with E-state index in [9.17, 15) is 13.2 Å². The van der Waals surface area contributed by atoms with Gasteiger partial charge in [-0.05, 0) is 69.4 Å². The molecule has 0 saturated heterocycles. The molecule has 0 unspecified atom stereocenters. The summed E-state index contributed by atoms with van der Waals surface area (Å²) >= 11 is 3.17. The number of primary sulfonamides is 1. The number of nitrogens with zero attached hydrogens (tertiary/aromatic N) is 2. The molecule has 1 aliphatic carbocycles. The van der Waals surface area contributed by atoms with E-state index in [4.69, 9.17) is 5.14 Å². The van der Waals surface area contributed by atoms with Gasteiger partial charge in [0, 0.05) is 16.0 Å². The fraction of sp³-hybridized carbons (Fsp3) is 0.350. The van der Waals surface area contributed by atoms with Crippen LogP contribution in [0.5, 0.6) is 0 Å². The molecular weight excluding hydrogens is 440 g/mol. The summed E-state index contributed by atoms with van der Waals surface area (Å²) in [6.45, 7) is 3.71. The summed E-state index contributed by atoms with van der Waals surface area (Å²) in [5, 5.41) is 9.49. The number of aromatic nitrogens is 2. The molecule has 158 valence electrons. The molecule has 0 spiro atoms. The van der Waals surface area contributed by atoms with Crippen LogP contribution in [0, 0.1) is 6.92 Å². The van der Waals surface area contributed by atoms with Crippen LogP contribution in [-0.2, 0) is 27.7 Å². The van der Waals surface area contributed by atoms with E-state index in [0.717, 1.165) is 28.1 Å². The third kappa shape index (κ3) is 4.36. The summed E-state index contributed by atoms with van der Waals surface area (Å²) in [5.74, 6) is 0.520. The lowest BCUT2D eigenvalue weighted by atomic mass is 9.97. The summed E-state index contributed by atoms with van der Waals surface area (Å²) in [6.07, 6.45) is 4.50. The highest BCUT2D eigenvalue weighted by Crippen LogP contribution is 2.40. The first kappa shape index (κ1) is 21.2. The minimum Gasteiger partial charge on any atom is -0.325 e. The van der Waals surface area contributed by atoms with E-state index in [-0.39, 0.29) is 16.1 Å². The van der Waals surface area contributed by atoms with Crippen molar-refractivity contribution in [3.63, 3.8) is 0 Å². The van der Waals surface area contributed by atoms with Crippen molar-refractivity contribution >= 4 is 54.9 Å². The summed E-state index contributed by atoms with van der Waals surface area (Å²) < 4.78 is 22.7. The number of rotatable bonds is 5. The number of aryl methyl sites for hydroxylation is 3. The number of hydrogen-bond donors (Lipinski definition) is 2. The molecule has 0 radical (unpaired) electrons. The third-order valence-electron chi connectivity index (χ3n) is 5.00. The normalized spacial score (nSPS) is 15.0. The van der Waals surface area contributed by atoms with Crippen LogP contribution < -0.4 is 10.5 Å². The Morgan fingerprint density at radius 1 is 1.20 bits per heavy atom. The fourth-order valence-electron chi connectivity index (χ4n) is 3.50. The molecule has 0 saturated carbocycles. The molecular formula is C20H22N4O3S3. The predicted molar refractivity (Wildman–Crippen MR) is 121 cm³/mol. The van der Waals surface area contributed by atoms with Crippen LogP contribution in [0.15, 0.2) is 34.2 Å². The molecule has 30 heavy (non-hydrogen) atoms. The van der Waals surface area contributed by atoms with Crippen LogP contribution >= 0.6 is 23.1 Å². The van der Waals surface area contributed by atoms with Gasteiger partial charge in [-0.25, -0.2) is 23.5 Å². The highest BCUT2D eigenvalue weighted by molar-refractivity contribution is 8.00. The summed E-state index contributed by atoms with van der Waals surface area (Å²) in [4.78, 5) is 24.4. The lowest BCUT2D eigenvalue weighted by molar-refractivity contribution is -0.115. The Morgan fingerprint density at radius 3 is 2.60 bits per heavy atom. The average molecular weight is 463 g/mol. The summed E-state index contributed by atoms with van der Waals surface area (Å²) in [6, 6.07) is 5.80. The largest absolute Gasteiger partial charge is 0.325 e. The van der Waals surface area contributed by atoms with Gasteiger partial charge in [0.2, 0.25) is 15.9 Å². The van der Waals surface area contributed by atoms with Crippen molar-refractivity contribution in [3.8, 4) is 0 Å². The molecule has 0 fully saturated rings. The maximum Gasteiger partial charge on any atom is 0.238 e. The SMILES string of the molecule is Cc1nc(S[C@H](C)C(=O)Nc2ccc(S(N)(=O)=O)cc2)c2c3c(sc2n1)CCCC3. The maximum atomic E-state index is 12.7. The lowest BCUT2D eigenvalue weighted by Gasteiger charge is -2.14. The molecule has 1 atom stereocenters. The maximum absolute atomic E-state index is 12.7. The highest BCUT2D eigenvalue weighted by atomic mass is 32.2. The van der Waals surface area contributed by atoms with E-state index >= 15 is 0 Å². The molecule has 0 aliphatic heterocycles. The molecule has 3 N–H and O–H groups in total. The van der Waals surface area contributed by atoms with Gasteiger partial charge in [0.15, 0.2) is 0 Å². The Labute approximate surface area is 183 Å². The average Bonchev–Trinajstić information content (AvgIpc) is 3.05.